The Bertz CT molecular complexity index is 286. The van der Waals surface area contributed by atoms with Crippen LogP contribution in [0.25, 0.3) is 0 Å². The smallest absolute Gasteiger partial charge is 0.217 e. The minimum atomic E-state index is -0.450. The highest BCUT2D eigenvalue weighted by atomic mass is 16.1. The normalized spacial score (nSPS) is 18.3. The van der Waals surface area contributed by atoms with Gasteiger partial charge in [0.1, 0.15) is 0 Å². The summed E-state index contributed by atoms with van der Waals surface area (Å²) in [6.45, 7) is 3.52. The Morgan fingerprint density at radius 3 is 2.43 bits per heavy atom. The lowest BCUT2D eigenvalue weighted by Crippen LogP contribution is -2.45. The van der Waals surface area contributed by atoms with E-state index in [0.717, 1.165) is 12.8 Å². The summed E-state index contributed by atoms with van der Waals surface area (Å²) >= 11 is 0. The second-order valence-corrected chi connectivity index (χ2v) is 3.54. The number of carbonyl (C=O) groups is 2. The Labute approximate surface area is 83.9 Å². The largest absolute Gasteiger partial charge is 0.344 e. The summed E-state index contributed by atoms with van der Waals surface area (Å²) in [4.78, 5) is 22.0. The third-order valence-corrected chi connectivity index (χ3v) is 2.16. The molecular formula is C11H15NO2. The maximum Gasteiger partial charge on any atom is 0.217 e. The Morgan fingerprint density at radius 2 is 2.00 bits per heavy atom. The highest BCUT2D eigenvalue weighted by molar-refractivity contribution is 6.00. The van der Waals surface area contributed by atoms with E-state index in [0.29, 0.717) is 0 Å². The van der Waals surface area contributed by atoms with E-state index in [1.807, 2.05) is 6.92 Å². The number of nitrogens with one attached hydrogen (secondary N) is 1. The Kier molecular flexibility index (Phi) is 3.23. The molecule has 0 atom stereocenters. The van der Waals surface area contributed by atoms with Crippen LogP contribution in [-0.4, -0.2) is 17.2 Å². The summed E-state index contributed by atoms with van der Waals surface area (Å²) in [5, 5.41) is 2.85. The first-order chi connectivity index (χ1) is 6.58. The summed E-state index contributed by atoms with van der Waals surface area (Å²) < 4.78 is 0. The molecule has 14 heavy (non-hydrogen) atoms. The van der Waals surface area contributed by atoms with E-state index in [1.54, 1.807) is 12.2 Å². The third kappa shape index (κ3) is 2.55. The van der Waals surface area contributed by atoms with Crippen molar-refractivity contribution in [3.8, 4) is 0 Å². The van der Waals surface area contributed by atoms with Crippen LogP contribution in [-0.2, 0) is 9.59 Å². The van der Waals surface area contributed by atoms with Crippen LogP contribution < -0.4 is 5.32 Å². The highest BCUT2D eigenvalue weighted by Crippen LogP contribution is 2.20. The van der Waals surface area contributed by atoms with Crippen LogP contribution in [0.4, 0.5) is 0 Å². The Hall–Kier alpha value is -1.38. The molecule has 0 unspecified atom stereocenters. The van der Waals surface area contributed by atoms with Gasteiger partial charge in [-0.2, -0.15) is 0 Å². The number of carbonyl (C=O) groups excluding carboxylic acids is 2. The fourth-order valence-electron chi connectivity index (χ4n) is 1.63. The lowest BCUT2D eigenvalue weighted by Gasteiger charge is -2.29. The predicted octanol–water partition coefficient (Wildman–Crippen LogP) is 1.36. The average Bonchev–Trinajstić information content (AvgIpc) is 2.10. The maximum absolute atomic E-state index is 11.0. The molecule has 0 saturated carbocycles. The lowest BCUT2D eigenvalue weighted by molar-refractivity contribution is -0.120. The maximum atomic E-state index is 11.0. The van der Waals surface area contributed by atoms with Gasteiger partial charge in [0.2, 0.25) is 5.91 Å². The van der Waals surface area contributed by atoms with Crippen molar-refractivity contribution in [2.45, 2.75) is 32.2 Å². The fourth-order valence-corrected chi connectivity index (χ4v) is 1.63. The minimum Gasteiger partial charge on any atom is -0.344 e. The van der Waals surface area contributed by atoms with E-state index in [1.165, 1.54) is 19.1 Å². The number of ketones is 1. The average molecular weight is 193 g/mol. The molecule has 0 aromatic carbocycles. The van der Waals surface area contributed by atoms with Crippen molar-refractivity contribution in [1.29, 1.82) is 0 Å². The molecule has 1 amide bonds. The van der Waals surface area contributed by atoms with Crippen LogP contribution in [0.5, 0.6) is 0 Å². The molecule has 1 N–H and O–H groups in total. The number of rotatable bonds is 3. The molecule has 1 aliphatic rings. The molecule has 0 aromatic heterocycles. The van der Waals surface area contributed by atoms with E-state index in [2.05, 4.69) is 5.32 Å². The van der Waals surface area contributed by atoms with Gasteiger partial charge in [0.25, 0.3) is 0 Å². The van der Waals surface area contributed by atoms with Gasteiger partial charge >= 0.3 is 0 Å². The molecule has 0 aliphatic heterocycles. The second kappa shape index (κ2) is 4.22. The van der Waals surface area contributed by atoms with Crippen LogP contribution in [0.1, 0.15) is 26.7 Å². The molecule has 1 rings (SSSR count). The van der Waals surface area contributed by atoms with E-state index in [4.69, 9.17) is 0 Å². The first kappa shape index (κ1) is 10.7. The van der Waals surface area contributed by atoms with Gasteiger partial charge in [-0.05, 0) is 18.6 Å². The fraction of sp³-hybridized carbons (Fsp3) is 0.455. The standard InChI is InChI=1S/C11H15NO2/c1-3-6-11(12-9(2)13)7-4-10(14)5-8-11/h4-5,7-8H,3,6H2,1-2H3,(H,12,13). The summed E-state index contributed by atoms with van der Waals surface area (Å²) in [6.07, 6.45) is 8.30. The molecule has 3 nitrogen and oxygen atoms in total. The Balaban J connectivity index is 2.83. The number of hydrogen-bond acceptors (Lipinski definition) is 2. The van der Waals surface area contributed by atoms with Gasteiger partial charge in [0, 0.05) is 6.92 Å². The number of amides is 1. The van der Waals surface area contributed by atoms with Crippen LogP contribution in [0.3, 0.4) is 0 Å². The minimum absolute atomic E-state index is 0.0259. The van der Waals surface area contributed by atoms with Crippen molar-refractivity contribution in [3.63, 3.8) is 0 Å². The second-order valence-electron chi connectivity index (χ2n) is 3.54. The molecule has 0 saturated heterocycles. The van der Waals surface area contributed by atoms with Gasteiger partial charge in [-0.3, -0.25) is 9.59 Å². The van der Waals surface area contributed by atoms with Crippen LogP contribution in [0.2, 0.25) is 0 Å². The van der Waals surface area contributed by atoms with Crippen molar-refractivity contribution in [2.75, 3.05) is 0 Å². The summed E-state index contributed by atoms with van der Waals surface area (Å²) in [6, 6.07) is 0. The van der Waals surface area contributed by atoms with Crippen molar-refractivity contribution < 1.29 is 9.59 Å². The summed E-state index contributed by atoms with van der Waals surface area (Å²) in [5.74, 6) is -0.107. The molecular weight excluding hydrogens is 178 g/mol. The molecule has 0 fully saturated rings. The summed E-state index contributed by atoms with van der Waals surface area (Å²) in [5.41, 5.74) is -0.450. The van der Waals surface area contributed by atoms with Crippen molar-refractivity contribution >= 4 is 11.7 Å². The van der Waals surface area contributed by atoms with E-state index < -0.39 is 5.54 Å². The monoisotopic (exact) mass is 193 g/mol. The van der Waals surface area contributed by atoms with Gasteiger partial charge in [-0.15, -0.1) is 0 Å². The van der Waals surface area contributed by atoms with Gasteiger partial charge in [-0.1, -0.05) is 25.5 Å². The molecule has 0 aromatic rings. The quantitative estimate of drug-likeness (QED) is 0.735. The predicted molar refractivity (Wildman–Crippen MR) is 54.7 cm³/mol. The first-order valence-corrected chi connectivity index (χ1v) is 4.79. The zero-order valence-corrected chi connectivity index (χ0v) is 8.54. The molecule has 0 heterocycles. The van der Waals surface area contributed by atoms with Crippen molar-refractivity contribution in [2.24, 2.45) is 0 Å². The van der Waals surface area contributed by atoms with Gasteiger partial charge < -0.3 is 5.32 Å². The number of hydrogen-bond donors (Lipinski definition) is 1. The lowest BCUT2D eigenvalue weighted by atomic mass is 9.89. The van der Waals surface area contributed by atoms with Gasteiger partial charge in [0.05, 0.1) is 5.54 Å². The summed E-state index contributed by atoms with van der Waals surface area (Å²) in [7, 11) is 0. The molecule has 3 heteroatoms. The zero-order valence-electron chi connectivity index (χ0n) is 8.54. The SMILES string of the molecule is CCCC1(NC(C)=O)C=CC(=O)C=C1. The Morgan fingerprint density at radius 1 is 1.43 bits per heavy atom. The molecule has 0 spiro atoms. The topological polar surface area (TPSA) is 46.2 Å². The molecule has 1 aliphatic carbocycles. The first-order valence-electron chi connectivity index (χ1n) is 4.79. The van der Waals surface area contributed by atoms with E-state index >= 15 is 0 Å². The zero-order chi connectivity index (χ0) is 10.6. The van der Waals surface area contributed by atoms with Crippen molar-refractivity contribution in [3.05, 3.63) is 24.3 Å². The highest BCUT2D eigenvalue weighted by Gasteiger charge is 2.26. The number of allylic oxidation sites excluding steroid dienone is 2. The van der Waals surface area contributed by atoms with Crippen LogP contribution in [0.15, 0.2) is 24.3 Å². The van der Waals surface area contributed by atoms with Gasteiger partial charge in [-0.25, -0.2) is 0 Å². The van der Waals surface area contributed by atoms with Gasteiger partial charge in [0.15, 0.2) is 5.78 Å². The molecule has 0 bridgehead atoms. The van der Waals surface area contributed by atoms with Crippen LogP contribution in [0, 0.1) is 0 Å². The third-order valence-electron chi connectivity index (χ3n) is 2.16. The van der Waals surface area contributed by atoms with E-state index in [9.17, 15) is 9.59 Å². The van der Waals surface area contributed by atoms with E-state index in [-0.39, 0.29) is 11.7 Å². The molecule has 76 valence electrons. The van der Waals surface area contributed by atoms with Crippen LogP contribution >= 0.6 is 0 Å². The molecule has 0 radical (unpaired) electrons. The van der Waals surface area contributed by atoms with Crippen molar-refractivity contribution in [1.82, 2.24) is 5.32 Å².